The Bertz CT molecular complexity index is 467. The van der Waals surface area contributed by atoms with Crippen LogP contribution in [0.4, 0.5) is 0 Å². The molecule has 136 valence electrons. The zero-order valence-electron chi connectivity index (χ0n) is 14.4. The van der Waals surface area contributed by atoms with Gasteiger partial charge in [-0.15, -0.1) is 0 Å². The van der Waals surface area contributed by atoms with E-state index in [2.05, 4.69) is 10.2 Å². The molecular formula is C17H29N3O4. The highest BCUT2D eigenvalue weighted by atomic mass is 16.5. The second kappa shape index (κ2) is 7.80. The van der Waals surface area contributed by atoms with E-state index >= 15 is 0 Å². The van der Waals surface area contributed by atoms with Crippen LogP contribution in [0, 0.1) is 5.92 Å². The number of hydrogen-bond acceptors (Lipinski definition) is 5. The number of amides is 2. The van der Waals surface area contributed by atoms with E-state index in [4.69, 9.17) is 4.74 Å². The fraction of sp³-hybridized carbons (Fsp3) is 0.882. The molecule has 24 heavy (non-hydrogen) atoms. The summed E-state index contributed by atoms with van der Waals surface area (Å²) in [6.07, 6.45) is 3.46. The van der Waals surface area contributed by atoms with Crippen molar-refractivity contribution in [3.05, 3.63) is 0 Å². The molecule has 0 bridgehead atoms. The number of carbonyl (C=O) groups is 2. The third-order valence-electron chi connectivity index (χ3n) is 5.78. The van der Waals surface area contributed by atoms with Crippen molar-refractivity contribution < 1.29 is 19.4 Å². The van der Waals surface area contributed by atoms with Gasteiger partial charge in [-0.3, -0.25) is 14.5 Å². The minimum absolute atomic E-state index is 0.0147. The Kier molecular flexibility index (Phi) is 5.73. The van der Waals surface area contributed by atoms with E-state index in [1.807, 2.05) is 0 Å². The molecule has 2 aliphatic heterocycles. The molecule has 3 atom stereocenters. The molecule has 0 radical (unpaired) electrons. The molecule has 1 aliphatic carbocycles. The van der Waals surface area contributed by atoms with Gasteiger partial charge in [-0.25, -0.2) is 0 Å². The summed E-state index contributed by atoms with van der Waals surface area (Å²) >= 11 is 0. The number of aliphatic hydroxyl groups is 1. The molecule has 2 heterocycles. The van der Waals surface area contributed by atoms with Crippen LogP contribution in [0.5, 0.6) is 0 Å². The molecule has 2 N–H and O–H groups in total. The largest absolute Gasteiger partial charge is 0.389 e. The topological polar surface area (TPSA) is 82.1 Å². The second-order valence-electron chi connectivity index (χ2n) is 7.29. The summed E-state index contributed by atoms with van der Waals surface area (Å²) in [4.78, 5) is 27.9. The van der Waals surface area contributed by atoms with Crippen LogP contribution < -0.4 is 5.32 Å². The van der Waals surface area contributed by atoms with E-state index in [1.54, 1.807) is 11.9 Å². The van der Waals surface area contributed by atoms with E-state index < -0.39 is 6.10 Å². The predicted molar refractivity (Wildman–Crippen MR) is 88.3 cm³/mol. The third kappa shape index (κ3) is 3.90. The zero-order valence-corrected chi connectivity index (χ0v) is 14.4. The van der Waals surface area contributed by atoms with Crippen LogP contribution in [0.2, 0.25) is 0 Å². The number of piperazine rings is 1. The van der Waals surface area contributed by atoms with E-state index in [9.17, 15) is 14.7 Å². The Morgan fingerprint density at radius 3 is 2.79 bits per heavy atom. The van der Waals surface area contributed by atoms with Crippen LogP contribution in [0.1, 0.15) is 32.1 Å². The Morgan fingerprint density at radius 2 is 2.08 bits per heavy atom. The fourth-order valence-electron chi connectivity index (χ4n) is 4.23. The molecule has 0 aromatic heterocycles. The number of hydrogen-bond donors (Lipinski definition) is 2. The lowest BCUT2D eigenvalue weighted by Crippen LogP contribution is -2.55. The molecule has 0 aromatic carbocycles. The third-order valence-corrected chi connectivity index (χ3v) is 5.78. The van der Waals surface area contributed by atoms with E-state index in [-0.39, 0.29) is 23.9 Å². The van der Waals surface area contributed by atoms with Crippen molar-refractivity contribution in [3.63, 3.8) is 0 Å². The zero-order chi connectivity index (χ0) is 17.1. The molecule has 0 unspecified atom stereocenters. The Balaban J connectivity index is 1.54. The fourth-order valence-corrected chi connectivity index (χ4v) is 4.23. The van der Waals surface area contributed by atoms with Crippen LogP contribution in [0.3, 0.4) is 0 Å². The van der Waals surface area contributed by atoms with Crippen molar-refractivity contribution in [3.8, 4) is 0 Å². The normalized spacial score (nSPS) is 32.6. The van der Waals surface area contributed by atoms with Gasteiger partial charge in [0.15, 0.2) is 0 Å². The Morgan fingerprint density at radius 1 is 1.33 bits per heavy atom. The molecule has 0 aromatic rings. The first kappa shape index (κ1) is 17.6. The average Bonchev–Trinajstić information content (AvgIpc) is 2.96. The van der Waals surface area contributed by atoms with E-state index in [1.165, 1.54) is 0 Å². The Hall–Kier alpha value is -1.18. The molecule has 7 nitrogen and oxygen atoms in total. The predicted octanol–water partition coefficient (Wildman–Crippen LogP) is -0.415. The van der Waals surface area contributed by atoms with Gasteiger partial charge in [-0.1, -0.05) is 0 Å². The van der Waals surface area contributed by atoms with Gasteiger partial charge in [-0.2, -0.15) is 0 Å². The number of likely N-dealkylation sites (N-methyl/N-ethyl adjacent to an activating group) is 1. The first-order chi connectivity index (χ1) is 11.6. The van der Waals surface area contributed by atoms with Gasteiger partial charge in [-0.05, 0) is 31.6 Å². The standard InChI is InChI=1S/C17H29N3O4/c1-19(16(22)10-12-4-8-24-9-5-12)13-2-3-14(17(13)23)20-7-6-18-15(21)11-20/h12-14,17,23H,2-11H2,1H3,(H,18,21)/t13-,14-,17-/m1/s1. The van der Waals surface area contributed by atoms with Crippen molar-refractivity contribution in [1.82, 2.24) is 15.1 Å². The molecule has 2 saturated heterocycles. The van der Waals surface area contributed by atoms with Gasteiger partial charge in [0.05, 0.1) is 18.7 Å². The molecular weight excluding hydrogens is 310 g/mol. The monoisotopic (exact) mass is 339 g/mol. The maximum atomic E-state index is 12.6. The smallest absolute Gasteiger partial charge is 0.234 e. The van der Waals surface area contributed by atoms with Gasteiger partial charge in [0, 0.05) is 45.8 Å². The van der Waals surface area contributed by atoms with Crippen molar-refractivity contribution >= 4 is 11.8 Å². The molecule has 3 rings (SSSR count). The number of nitrogens with one attached hydrogen (secondary N) is 1. The summed E-state index contributed by atoms with van der Waals surface area (Å²) < 4.78 is 5.35. The van der Waals surface area contributed by atoms with Crippen molar-refractivity contribution in [2.75, 3.05) is 39.9 Å². The molecule has 1 saturated carbocycles. The Labute approximate surface area is 143 Å². The van der Waals surface area contributed by atoms with E-state index in [0.29, 0.717) is 25.4 Å². The van der Waals surface area contributed by atoms with Crippen LogP contribution in [-0.2, 0) is 14.3 Å². The highest BCUT2D eigenvalue weighted by Gasteiger charge is 2.42. The maximum absolute atomic E-state index is 12.6. The SMILES string of the molecule is CN(C(=O)CC1CCOCC1)[C@@H]1CC[C@@H](N2CCNC(=O)C2)[C@@H]1O. The van der Waals surface area contributed by atoms with Crippen molar-refractivity contribution in [1.29, 1.82) is 0 Å². The number of nitrogens with zero attached hydrogens (tertiary/aromatic N) is 2. The summed E-state index contributed by atoms with van der Waals surface area (Å²) in [5.74, 6) is 0.526. The van der Waals surface area contributed by atoms with Gasteiger partial charge >= 0.3 is 0 Å². The minimum Gasteiger partial charge on any atom is -0.389 e. The summed E-state index contributed by atoms with van der Waals surface area (Å²) in [5, 5.41) is 13.5. The lowest BCUT2D eigenvalue weighted by Gasteiger charge is -2.36. The van der Waals surface area contributed by atoms with Crippen molar-refractivity contribution in [2.24, 2.45) is 5.92 Å². The van der Waals surface area contributed by atoms with Crippen LogP contribution in [-0.4, -0.2) is 84.8 Å². The first-order valence-corrected chi connectivity index (χ1v) is 9.08. The lowest BCUT2D eigenvalue weighted by molar-refractivity contribution is -0.136. The van der Waals surface area contributed by atoms with Gasteiger partial charge < -0.3 is 20.1 Å². The second-order valence-corrected chi connectivity index (χ2v) is 7.29. The first-order valence-electron chi connectivity index (χ1n) is 9.08. The quantitative estimate of drug-likeness (QED) is 0.727. The molecule has 7 heteroatoms. The number of aliphatic hydroxyl groups excluding tert-OH is 1. The summed E-state index contributed by atoms with van der Waals surface area (Å²) in [7, 11) is 1.81. The molecule has 2 amide bonds. The maximum Gasteiger partial charge on any atom is 0.234 e. The highest BCUT2D eigenvalue weighted by Crippen LogP contribution is 2.29. The number of carbonyl (C=O) groups excluding carboxylic acids is 2. The van der Waals surface area contributed by atoms with E-state index in [0.717, 1.165) is 45.4 Å². The minimum atomic E-state index is -0.584. The van der Waals surface area contributed by atoms with Crippen LogP contribution >= 0.6 is 0 Å². The number of ether oxygens (including phenoxy) is 1. The van der Waals surface area contributed by atoms with Gasteiger partial charge in [0.1, 0.15) is 0 Å². The summed E-state index contributed by atoms with van der Waals surface area (Å²) in [6, 6.07) is -0.174. The summed E-state index contributed by atoms with van der Waals surface area (Å²) in [6.45, 7) is 3.22. The molecule has 3 aliphatic rings. The van der Waals surface area contributed by atoms with Crippen molar-refractivity contribution in [2.45, 2.75) is 50.3 Å². The van der Waals surface area contributed by atoms with Gasteiger partial charge in [0.2, 0.25) is 11.8 Å². The lowest BCUT2D eigenvalue weighted by atomic mass is 9.95. The highest BCUT2D eigenvalue weighted by molar-refractivity contribution is 5.78. The van der Waals surface area contributed by atoms with Crippen LogP contribution in [0.15, 0.2) is 0 Å². The molecule has 3 fully saturated rings. The van der Waals surface area contributed by atoms with Crippen LogP contribution in [0.25, 0.3) is 0 Å². The number of rotatable bonds is 4. The average molecular weight is 339 g/mol. The summed E-state index contributed by atoms with van der Waals surface area (Å²) in [5.41, 5.74) is 0. The molecule has 0 spiro atoms. The van der Waals surface area contributed by atoms with Gasteiger partial charge in [0.25, 0.3) is 0 Å².